The van der Waals surface area contributed by atoms with E-state index >= 15 is 0 Å². The summed E-state index contributed by atoms with van der Waals surface area (Å²) in [5.74, 6) is 1.03. The molecular formula is C15H22N2OS2. The first-order chi connectivity index (χ1) is 9.84. The number of hydrogen-bond acceptors (Lipinski definition) is 4. The quantitative estimate of drug-likeness (QED) is 0.489. The van der Waals surface area contributed by atoms with Gasteiger partial charge in [-0.05, 0) is 35.8 Å². The first-order valence-corrected chi connectivity index (χ1v) is 9.66. The van der Waals surface area contributed by atoms with Gasteiger partial charge in [0.05, 0.1) is 0 Å². The fraction of sp³-hybridized carbons (Fsp3) is 0.600. The average molecular weight is 310 g/mol. The third kappa shape index (κ3) is 6.18. The molecule has 0 atom stereocenters. The maximum Gasteiger partial charge on any atom is 0.221 e. The van der Waals surface area contributed by atoms with Crippen LogP contribution in [0.25, 0.3) is 0 Å². The van der Waals surface area contributed by atoms with E-state index in [0.717, 1.165) is 23.6 Å². The van der Waals surface area contributed by atoms with Crippen molar-refractivity contribution >= 4 is 27.5 Å². The van der Waals surface area contributed by atoms with Gasteiger partial charge in [-0.15, -0.1) is 0 Å². The summed E-state index contributed by atoms with van der Waals surface area (Å²) in [5, 5.41) is 4.18. The number of rotatable bonds is 6. The van der Waals surface area contributed by atoms with Crippen LogP contribution in [0.3, 0.4) is 0 Å². The minimum absolute atomic E-state index is 0.200. The largest absolute Gasteiger partial charge is 0.353 e. The van der Waals surface area contributed by atoms with E-state index in [4.69, 9.17) is 0 Å². The van der Waals surface area contributed by atoms with Crippen LogP contribution in [0.4, 0.5) is 0 Å². The van der Waals surface area contributed by atoms with Gasteiger partial charge in [-0.3, -0.25) is 4.79 Å². The zero-order chi connectivity index (χ0) is 14.0. The Labute approximate surface area is 129 Å². The van der Waals surface area contributed by atoms with Gasteiger partial charge < -0.3 is 5.32 Å². The number of nitrogens with one attached hydrogen (secondary N) is 1. The van der Waals surface area contributed by atoms with Crippen LogP contribution in [0.15, 0.2) is 29.4 Å². The summed E-state index contributed by atoms with van der Waals surface area (Å²) >= 11 is 0. The molecule has 0 spiro atoms. The minimum Gasteiger partial charge on any atom is -0.353 e. The first kappa shape index (κ1) is 15.7. The zero-order valence-electron chi connectivity index (χ0n) is 11.7. The van der Waals surface area contributed by atoms with E-state index in [9.17, 15) is 4.79 Å². The molecule has 1 saturated carbocycles. The SMILES string of the molecule is O=C(CCSSc1ccccn1)NC1CCCCCC1. The molecule has 1 aliphatic carbocycles. The van der Waals surface area contributed by atoms with Crippen LogP contribution in [0, 0.1) is 0 Å². The number of hydrogen-bond donors (Lipinski definition) is 1. The monoisotopic (exact) mass is 310 g/mol. The number of carbonyl (C=O) groups is 1. The van der Waals surface area contributed by atoms with E-state index in [2.05, 4.69) is 10.3 Å². The van der Waals surface area contributed by atoms with Crippen LogP contribution in [0.1, 0.15) is 44.9 Å². The molecule has 1 N–H and O–H groups in total. The molecule has 0 bridgehead atoms. The lowest BCUT2D eigenvalue weighted by atomic mass is 10.1. The average Bonchev–Trinajstić information content (AvgIpc) is 2.73. The molecule has 1 aromatic rings. The molecule has 1 aliphatic rings. The lowest BCUT2D eigenvalue weighted by molar-refractivity contribution is -0.121. The Kier molecular flexibility index (Phi) is 7.30. The highest BCUT2D eigenvalue weighted by atomic mass is 33.1. The Morgan fingerprint density at radius 3 is 2.75 bits per heavy atom. The van der Waals surface area contributed by atoms with Crippen molar-refractivity contribution in [2.45, 2.75) is 56.0 Å². The van der Waals surface area contributed by atoms with Crippen LogP contribution in [0.2, 0.25) is 0 Å². The second-order valence-electron chi connectivity index (χ2n) is 5.08. The van der Waals surface area contributed by atoms with E-state index < -0.39 is 0 Å². The second kappa shape index (κ2) is 9.29. The standard InChI is InChI=1S/C15H22N2OS2/c18-14(17-13-7-3-1-2-4-8-13)10-12-19-20-15-9-5-6-11-16-15/h5-6,9,11,13H,1-4,7-8,10,12H2,(H,17,18). The molecule has 1 amide bonds. The van der Waals surface area contributed by atoms with Crippen molar-refractivity contribution in [3.8, 4) is 0 Å². The summed E-state index contributed by atoms with van der Waals surface area (Å²) in [4.78, 5) is 16.1. The molecule has 1 fully saturated rings. The van der Waals surface area contributed by atoms with Gasteiger partial charge in [-0.25, -0.2) is 4.98 Å². The van der Waals surface area contributed by atoms with Gasteiger partial charge in [0.15, 0.2) is 0 Å². The van der Waals surface area contributed by atoms with Gasteiger partial charge in [0.2, 0.25) is 5.91 Å². The summed E-state index contributed by atoms with van der Waals surface area (Å²) in [6.45, 7) is 0. The number of aromatic nitrogens is 1. The molecular weight excluding hydrogens is 288 g/mol. The molecule has 0 radical (unpaired) electrons. The molecule has 110 valence electrons. The van der Waals surface area contributed by atoms with E-state index in [1.54, 1.807) is 27.8 Å². The van der Waals surface area contributed by atoms with Crippen molar-refractivity contribution < 1.29 is 4.79 Å². The molecule has 1 heterocycles. The van der Waals surface area contributed by atoms with Gasteiger partial charge in [0.25, 0.3) is 0 Å². The highest BCUT2D eigenvalue weighted by molar-refractivity contribution is 8.76. The highest BCUT2D eigenvalue weighted by Gasteiger charge is 2.14. The third-order valence-electron chi connectivity index (χ3n) is 3.41. The van der Waals surface area contributed by atoms with Crippen molar-refractivity contribution in [1.82, 2.24) is 10.3 Å². The van der Waals surface area contributed by atoms with Crippen molar-refractivity contribution in [2.24, 2.45) is 0 Å². The molecule has 0 aromatic carbocycles. The van der Waals surface area contributed by atoms with E-state index in [1.807, 2.05) is 18.2 Å². The summed E-state index contributed by atoms with van der Waals surface area (Å²) in [6, 6.07) is 6.30. The van der Waals surface area contributed by atoms with Gasteiger partial charge in [-0.2, -0.15) is 0 Å². The van der Waals surface area contributed by atoms with Crippen molar-refractivity contribution in [2.75, 3.05) is 5.75 Å². The minimum atomic E-state index is 0.200. The fourth-order valence-electron chi connectivity index (χ4n) is 2.36. The molecule has 20 heavy (non-hydrogen) atoms. The summed E-state index contributed by atoms with van der Waals surface area (Å²) in [5.41, 5.74) is 0. The lowest BCUT2D eigenvalue weighted by Crippen LogP contribution is -2.34. The highest BCUT2D eigenvalue weighted by Crippen LogP contribution is 2.29. The van der Waals surface area contributed by atoms with Gasteiger partial charge >= 0.3 is 0 Å². The maximum absolute atomic E-state index is 11.9. The van der Waals surface area contributed by atoms with Crippen LogP contribution >= 0.6 is 21.6 Å². The molecule has 1 aromatic heterocycles. The number of pyridine rings is 1. The van der Waals surface area contributed by atoms with Crippen LogP contribution in [-0.4, -0.2) is 22.7 Å². The Bertz CT molecular complexity index is 392. The normalized spacial score (nSPS) is 16.6. The van der Waals surface area contributed by atoms with Crippen molar-refractivity contribution in [3.63, 3.8) is 0 Å². The zero-order valence-corrected chi connectivity index (χ0v) is 13.3. The van der Waals surface area contributed by atoms with Gasteiger partial charge in [0, 0.05) is 24.4 Å². The molecule has 3 nitrogen and oxygen atoms in total. The molecule has 5 heteroatoms. The van der Waals surface area contributed by atoms with E-state index in [0.29, 0.717) is 12.5 Å². The van der Waals surface area contributed by atoms with Gasteiger partial charge in [-0.1, -0.05) is 42.5 Å². The summed E-state index contributed by atoms with van der Waals surface area (Å²) < 4.78 is 0. The van der Waals surface area contributed by atoms with Gasteiger partial charge in [0.1, 0.15) is 5.03 Å². The van der Waals surface area contributed by atoms with Crippen molar-refractivity contribution in [3.05, 3.63) is 24.4 Å². The molecule has 0 unspecified atom stereocenters. The number of amides is 1. The summed E-state index contributed by atoms with van der Waals surface area (Å²) in [7, 11) is 3.33. The smallest absolute Gasteiger partial charge is 0.221 e. The molecule has 0 saturated heterocycles. The molecule has 0 aliphatic heterocycles. The predicted octanol–water partition coefficient (Wildman–Crippen LogP) is 4.05. The summed E-state index contributed by atoms with van der Waals surface area (Å²) in [6.07, 6.45) is 9.86. The van der Waals surface area contributed by atoms with Crippen LogP contribution in [-0.2, 0) is 4.79 Å². The number of carbonyl (C=O) groups excluding carboxylic acids is 1. The maximum atomic E-state index is 11.9. The Balaban J connectivity index is 1.58. The Morgan fingerprint density at radius 1 is 1.25 bits per heavy atom. The lowest BCUT2D eigenvalue weighted by Gasteiger charge is -2.15. The first-order valence-electron chi connectivity index (χ1n) is 7.34. The fourth-order valence-corrected chi connectivity index (χ4v) is 4.23. The Morgan fingerprint density at radius 2 is 2.05 bits per heavy atom. The van der Waals surface area contributed by atoms with Crippen molar-refractivity contribution in [1.29, 1.82) is 0 Å². The van der Waals surface area contributed by atoms with E-state index in [1.165, 1.54) is 25.7 Å². The molecule has 2 rings (SSSR count). The van der Waals surface area contributed by atoms with E-state index in [-0.39, 0.29) is 5.91 Å². The van der Waals surface area contributed by atoms with Crippen LogP contribution < -0.4 is 5.32 Å². The third-order valence-corrected chi connectivity index (χ3v) is 5.68. The van der Waals surface area contributed by atoms with Crippen LogP contribution in [0.5, 0.6) is 0 Å². The predicted molar refractivity (Wildman–Crippen MR) is 86.8 cm³/mol. The number of nitrogens with zero attached hydrogens (tertiary/aromatic N) is 1. The second-order valence-corrected chi connectivity index (χ2v) is 7.52. The topological polar surface area (TPSA) is 42.0 Å². The Hall–Kier alpha value is -0.680.